The molecule has 0 saturated heterocycles. The number of carboxylic acid groups (broad SMARTS) is 1. The maximum absolute atomic E-state index is 12.3. The van der Waals surface area contributed by atoms with Gasteiger partial charge in [0.1, 0.15) is 6.61 Å². The van der Waals surface area contributed by atoms with E-state index in [0.717, 1.165) is 22.3 Å². The van der Waals surface area contributed by atoms with Crippen LogP contribution in [-0.4, -0.2) is 55.0 Å². The first-order valence-corrected chi connectivity index (χ1v) is 10.5. The summed E-state index contributed by atoms with van der Waals surface area (Å²) in [6.45, 7) is 3.37. The lowest BCUT2D eigenvalue weighted by molar-refractivity contribution is -0.145. The predicted molar refractivity (Wildman–Crippen MR) is 118 cm³/mol. The minimum atomic E-state index is -1.19. The fraction of sp³-hybridized carbons (Fsp3) is 0.375. The predicted octanol–water partition coefficient (Wildman–Crippen LogP) is 2.91. The number of fused-ring (bicyclic) bond motifs is 3. The minimum absolute atomic E-state index is 0.0568. The number of ether oxygens (including phenoxy) is 2. The monoisotopic (exact) mass is 440 g/mol. The fourth-order valence-corrected chi connectivity index (χ4v) is 3.92. The second-order valence-electron chi connectivity index (χ2n) is 7.90. The number of carbonyl (C=O) groups excluding carboxylic acids is 2. The van der Waals surface area contributed by atoms with Crippen LogP contribution in [0.2, 0.25) is 0 Å². The van der Waals surface area contributed by atoms with E-state index in [0.29, 0.717) is 0 Å². The number of amides is 2. The van der Waals surface area contributed by atoms with Crippen molar-refractivity contribution in [3.63, 3.8) is 0 Å². The Kier molecular flexibility index (Phi) is 7.48. The molecule has 0 unspecified atom stereocenters. The van der Waals surface area contributed by atoms with Crippen LogP contribution in [0.3, 0.4) is 0 Å². The molecule has 2 aromatic carbocycles. The van der Waals surface area contributed by atoms with Crippen molar-refractivity contribution in [1.82, 2.24) is 10.6 Å². The first-order valence-electron chi connectivity index (χ1n) is 10.5. The van der Waals surface area contributed by atoms with Gasteiger partial charge in [0.2, 0.25) is 5.91 Å². The van der Waals surface area contributed by atoms with Crippen LogP contribution in [0.4, 0.5) is 4.79 Å². The van der Waals surface area contributed by atoms with Gasteiger partial charge in [0, 0.05) is 25.5 Å². The molecule has 8 heteroatoms. The third kappa shape index (κ3) is 5.26. The van der Waals surface area contributed by atoms with Crippen LogP contribution < -0.4 is 10.6 Å². The van der Waals surface area contributed by atoms with Gasteiger partial charge in [0.25, 0.3) is 0 Å². The third-order valence-corrected chi connectivity index (χ3v) is 5.62. The Morgan fingerprint density at radius 1 is 0.969 bits per heavy atom. The quantitative estimate of drug-likeness (QED) is 0.553. The summed E-state index contributed by atoms with van der Waals surface area (Å²) < 4.78 is 10.5. The van der Waals surface area contributed by atoms with Crippen LogP contribution in [-0.2, 0) is 19.1 Å². The van der Waals surface area contributed by atoms with E-state index in [9.17, 15) is 19.5 Å². The van der Waals surface area contributed by atoms with E-state index in [-0.39, 0.29) is 18.9 Å². The molecule has 2 amide bonds. The number of hydrogen-bond donors (Lipinski definition) is 3. The molecule has 0 spiro atoms. The number of rotatable bonds is 9. The lowest BCUT2D eigenvalue weighted by Crippen LogP contribution is -2.49. The summed E-state index contributed by atoms with van der Waals surface area (Å²) in [5.41, 5.74) is 4.50. The molecule has 3 N–H and O–H groups in total. The zero-order valence-electron chi connectivity index (χ0n) is 18.3. The first kappa shape index (κ1) is 23.3. The SMILES string of the molecule is CO[C@H](C)[C@H](NC(=O)C[C@@H](C)NC(=O)OCC1c2ccccc2-c2ccccc21)C(=O)O. The molecule has 3 rings (SSSR count). The van der Waals surface area contributed by atoms with Crippen LogP contribution in [0.5, 0.6) is 0 Å². The highest BCUT2D eigenvalue weighted by Crippen LogP contribution is 2.44. The first-order chi connectivity index (χ1) is 15.3. The molecule has 0 fully saturated rings. The van der Waals surface area contributed by atoms with Gasteiger partial charge < -0.3 is 25.2 Å². The Bertz CT molecular complexity index is 946. The van der Waals surface area contributed by atoms with Crippen molar-refractivity contribution in [1.29, 1.82) is 0 Å². The second kappa shape index (κ2) is 10.3. The number of aliphatic carboxylic acids is 1. The van der Waals surface area contributed by atoms with E-state index in [1.165, 1.54) is 7.11 Å². The molecule has 3 atom stereocenters. The van der Waals surface area contributed by atoms with Crippen molar-refractivity contribution in [3.8, 4) is 11.1 Å². The van der Waals surface area contributed by atoms with Crippen molar-refractivity contribution < 1.29 is 29.0 Å². The maximum atomic E-state index is 12.3. The minimum Gasteiger partial charge on any atom is -0.480 e. The average molecular weight is 440 g/mol. The number of benzene rings is 2. The van der Waals surface area contributed by atoms with E-state index in [1.54, 1.807) is 13.8 Å². The van der Waals surface area contributed by atoms with Gasteiger partial charge in [-0.05, 0) is 36.1 Å². The fourth-order valence-electron chi connectivity index (χ4n) is 3.92. The molecule has 0 aromatic heterocycles. The number of methoxy groups -OCH3 is 1. The summed E-state index contributed by atoms with van der Waals surface area (Å²) in [6.07, 6.45) is -1.42. The van der Waals surface area contributed by atoms with Crippen LogP contribution >= 0.6 is 0 Å². The van der Waals surface area contributed by atoms with E-state index in [1.807, 2.05) is 36.4 Å². The van der Waals surface area contributed by atoms with Crippen molar-refractivity contribution in [2.75, 3.05) is 13.7 Å². The van der Waals surface area contributed by atoms with Crippen molar-refractivity contribution in [2.45, 2.75) is 44.4 Å². The highest BCUT2D eigenvalue weighted by atomic mass is 16.5. The van der Waals surface area contributed by atoms with Crippen LogP contribution in [0.1, 0.15) is 37.3 Å². The molecule has 0 aliphatic heterocycles. The van der Waals surface area contributed by atoms with Crippen LogP contribution in [0.15, 0.2) is 48.5 Å². The summed E-state index contributed by atoms with van der Waals surface area (Å²) in [4.78, 5) is 35.8. The topological polar surface area (TPSA) is 114 Å². The lowest BCUT2D eigenvalue weighted by atomic mass is 9.98. The Morgan fingerprint density at radius 2 is 1.53 bits per heavy atom. The molecule has 1 aliphatic rings. The Morgan fingerprint density at radius 3 is 2.06 bits per heavy atom. The second-order valence-corrected chi connectivity index (χ2v) is 7.90. The molecule has 2 aromatic rings. The van der Waals surface area contributed by atoms with Gasteiger partial charge in [0.15, 0.2) is 6.04 Å². The number of carbonyl (C=O) groups is 3. The molecule has 0 heterocycles. The molecular formula is C24H28N2O6. The van der Waals surface area contributed by atoms with Crippen LogP contribution in [0.25, 0.3) is 11.1 Å². The number of nitrogens with one attached hydrogen (secondary N) is 2. The molecule has 0 radical (unpaired) electrons. The highest BCUT2D eigenvalue weighted by Gasteiger charge is 2.30. The zero-order chi connectivity index (χ0) is 23.3. The van der Waals surface area contributed by atoms with E-state index >= 15 is 0 Å². The summed E-state index contributed by atoms with van der Waals surface area (Å²) >= 11 is 0. The maximum Gasteiger partial charge on any atom is 0.407 e. The molecule has 8 nitrogen and oxygen atoms in total. The molecule has 0 bridgehead atoms. The standard InChI is InChI=1S/C24H28N2O6/c1-14(12-21(27)26-22(23(28)29)15(2)31-3)25-24(30)32-13-20-18-10-6-4-8-16(18)17-9-5-7-11-19(17)20/h4-11,14-15,20,22H,12-13H2,1-3H3,(H,25,30)(H,26,27)(H,28,29)/t14-,15-,22+/m1/s1. The highest BCUT2D eigenvalue weighted by molar-refractivity contribution is 5.84. The summed E-state index contributed by atoms with van der Waals surface area (Å²) in [5, 5.41) is 14.3. The van der Waals surface area contributed by atoms with Gasteiger partial charge in [-0.25, -0.2) is 9.59 Å². The van der Waals surface area contributed by atoms with E-state index in [4.69, 9.17) is 9.47 Å². The van der Waals surface area contributed by atoms with Crippen molar-refractivity contribution >= 4 is 18.0 Å². The van der Waals surface area contributed by atoms with Gasteiger partial charge in [-0.2, -0.15) is 0 Å². The summed E-state index contributed by atoms with van der Waals surface area (Å²) in [5.74, 6) is -1.75. The Balaban J connectivity index is 1.53. The third-order valence-electron chi connectivity index (χ3n) is 5.62. The molecule has 170 valence electrons. The average Bonchev–Trinajstić information content (AvgIpc) is 3.09. The van der Waals surface area contributed by atoms with Gasteiger partial charge in [0.05, 0.1) is 6.10 Å². The number of carboxylic acids is 1. The van der Waals surface area contributed by atoms with Gasteiger partial charge in [-0.1, -0.05) is 48.5 Å². The Labute approximate surface area is 186 Å². The van der Waals surface area contributed by atoms with Crippen LogP contribution in [0, 0.1) is 0 Å². The lowest BCUT2D eigenvalue weighted by Gasteiger charge is -2.21. The smallest absolute Gasteiger partial charge is 0.407 e. The van der Waals surface area contributed by atoms with Gasteiger partial charge in [-0.3, -0.25) is 4.79 Å². The number of hydrogen-bond acceptors (Lipinski definition) is 5. The summed E-state index contributed by atoms with van der Waals surface area (Å²) in [7, 11) is 1.37. The van der Waals surface area contributed by atoms with E-state index < -0.39 is 36.2 Å². The summed E-state index contributed by atoms with van der Waals surface area (Å²) in [6, 6.07) is 14.4. The van der Waals surface area contributed by atoms with Gasteiger partial charge >= 0.3 is 12.1 Å². The molecule has 1 aliphatic carbocycles. The zero-order valence-corrected chi connectivity index (χ0v) is 18.3. The van der Waals surface area contributed by atoms with Gasteiger partial charge in [-0.15, -0.1) is 0 Å². The Hall–Kier alpha value is -3.39. The molecule has 0 saturated carbocycles. The molecule has 32 heavy (non-hydrogen) atoms. The molecular weight excluding hydrogens is 412 g/mol. The van der Waals surface area contributed by atoms with Crippen molar-refractivity contribution in [2.24, 2.45) is 0 Å². The number of alkyl carbamates (subject to hydrolysis) is 1. The normalized spacial score (nSPS) is 15.1. The van der Waals surface area contributed by atoms with Crippen molar-refractivity contribution in [3.05, 3.63) is 59.7 Å². The van der Waals surface area contributed by atoms with E-state index in [2.05, 4.69) is 22.8 Å². The largest absolute Gasteiger partial charge is 0.480 e.